The van der Waals surface area contributed by atoms with Crippen LogP contribution in [0.3, 0.4) is 0 Å². The molecule has 1 spiro atoms. The number of hydrogen-bond donors (Lipinski definition) is 3. The minimum atomic E-state index is -0.759. The quantitative estimate of drug-likeness (QED) is 0.359. The Morgan fingerprint density at radius 2 is 1.80 bits per heavy atom. The summed E-state index contributed by atoms with van der Waals surface area (Å²) in [5.74, 6) is 0.483. The maximum absolute atomic E-state index is 13.9. The van der Waals surface area contributed by atoms with Gasteiger partial charge in [-0.3, -0.25) is 19.3 Å². The maximum atomic E-state index is 13.9. The molecule has 3 N–H and O–H groups in total. The first kappa shape index (κ1) is 32.2. The molecule has 44 heavy (non-hydrogen) atoms. The van der Waals surface area contributed by atoms with Gasteiger partial charge in [0.1, 0.15) is 11.6 Å². The second kappa shape index (κ2) is 14.2. The Morgan fingerprint density at radius 3 is 2.45 bits per heavy atom. The van der Waals surface area contributed by atoms with E-state index in [2.05, 4.69) is 29.4 Å². The summed E-state index contributed by atoms with van der Waals surface area (Å²) in [5.41, 5.74) is 3.80. The Bertz CT molecular complexity index is 1310. The molecule has 3 aliphatic rings. The number of benzene rings is 1. The number of aliphatic hydroxyl groups is 1. The summed E-state index contributed by atoms with van der Waals surface area (Å²) in [4.78, 5) is 44.3. The van der Waals surface area contributed by atoms with Crippen molar-refractivity contribution in [2.75, 3.05) is 32.8 Å². The molecule has 3 fully saturated rings. The van der Waals surface area contributed by atoms with Crippen molar-refractivity contribution in [2.45, 2.75) is 103 Å². The zero-order valence-electron chi connectivity index (χ0n) is 26.7. The molecule has 2 aliphatic heterocycles. The van der Waals surface area contributed by atoms with E-state index < -0.39 is 5.54 Å². The number of aromatic nitrogens is 2. The van der Waals surface area contributed by atoms with E-state index in [1.807, 2.05) is 28.6 Å². The monoisotopic (exact) mass is 606 g/mol. The van der Waals surface area contributed by atoms with Crippen LogP contribution in [0.4, 0.5) is 0 Å². The van der Waals surface area contributed by atoms with Gasteiger partial charge in [-0.2, -0.15) is 5.10 Å². The molecule has 3 heterocycles. The SMILES string of the molecule is CCCCN1C(=O)C(CC2CCCCC2)NC(=O)C12CCN(Cc1c(C)nn(-c3ccc(C(=O)NCCO)cc3)c1C)CC2. The van der Waals surface area contributed by atoms with Gasteiger partial charge in [0, 0.05) is 49.5 Å². The Labute approximate surface area is 261 Å². The van der Waals surface area contributed by atoms with Crippen molar-refractivity contribution in [2.24, 2.45) is 5.92 Å². The van der Waals surface area contributed by atoms with Crippen molar-refractivity contribution in [3.8, 4) is 5.69 Å². The van der Waals surface area contributed by atoms with Crippen LogP contribution in [0.2, 0.25) is 0 Å². The topological polar surface area (TPSA) is 120 Å². The number of aryl methyl sites for hydroxylation is 1. The van der Waals surface area contributed by atoms with Crippen molar-refractivity contribution >= 4 is 17.7 Å². The lowest BCUT2D eigenvalue weighted by Crippen LogP contribution is -2.73. The van der Waals surface area contributed by atoms with E-state index in [0.717, 1.165) is 74.4 Å². The minimum Gasteiger partial charge on any atom is -0.395 e. The molecule has 1 atom stereocenters. The number of nitrogens with zero attached hydrogens (tertiary/aromatic N) is 4. The number of nitrogens with one attached hydrogen (secondary N) is 2. The number of carbonyl (C=O) groups is 3. The highest BCUT2D eigenvalue weighted by Crippen LogP contribution is 2.36. The molecule has 2 aromatic rings. The number of piperidine rings is 1. The third kappa shape index (κ3) is 6.71. The number of hydrogen-bond acceptors (Lipinski definition) is 6. The zero-order valence-corrected chi connectivity index (χ0v) is 26.7. The van der Waals surface area contributed by atoms with Gasteiger partial charge in [-0.1, -0.05) is 45.4 Å². The van der Waals surface area contributed by atoms with Gasteiger partial charge in [-0.05, 0) is 69.7 Å². The van der Waals surface area contributed by atoms with E-state index in [4.69, 9.17) is 10.2 Å². The second-order valence-electron chi connectivity index (χ2n) is 13.0. The number of carbonyl (C=O) groups excluding carboxylic acids is 3. The van der Waals surface area contributed by atoms with E-state index in [1.165, 1.54) is 19.3 Å². The average Bonchev–Trinajstić information content (AvgIpc) is 3.32. The van der Waals surface area contributed by atoms with Crippen molar-refractivity contribution in [3.05, 3.63) is 46.8 Å². The molecule has 1 aromatic heterocycles. The van der Waals surface area contributed by atoms with E-state index in [9.17, 15) is 14.4 Å². The van der Waals surface area contributed by atoms with E-state index in [-0.39, 0.29) is 36.9 Å². The summed E-state index contributed by atoms with van der Waals surface area (Å²) in [5, 5.41) is 19.7. The number of amides is 3. The second-order valence-corrected chi connectivity index (χ2v) is 13.0. The molecule has 10 nitrogen and oxygen atoms in total. The first-order chi connectivity index (χ1) is 21.3. The summed E-state index contributed by atoms with van der Waals surface area (Å²) in [6.45, 7) is 9.19. The van der Waals surface area contributed by atoms with Gasteiger partial charge in [-0.25, -0.2) is 4.68 Å². The fourth-order valence-electron chi connectivity index (χ4n) is 7.41. The molecule has 1 aromatic carbocycles. The third-order valence-corrected chi connectivity index (χ3v) is 10.1. The maximum Gasteiger partial charge on any atom is 0.251 e. The molecule has 3 amide bonds. The van der Waals surface area contributed by atoms with Crippen molar-refractivity contribution < 1.29 is 19.5 Å². The van der Waals surface area contributed by atoms with E-state index >= 15 is 0 Å². The Kier molecular flexibility index (Phi) is 10.4. The van der Waals surface area contributed by atoms with Crippen molar-refractivity contribution in [1.82, 2.24) is 30.2 Å². The van der Waals surface area contributed by atoms with Gasteiger partial charge in [-0.15, -0.1) is 0 Å². The summed E-state index contributed by atoms with van der Waals surface area (Å²) in [6, 6.07) is 6.91. The lowest BCUT2D eigenvalue weighted by molar-refractivity contribution is -0.162. The van der Waals surface area contributed by atoms with Crippen LogP contribution < -0.4 is 10.6 Å². The van der Waals surface area contributed by atoms with Crippen LogP contribution >= 0.6 is 0 Å². The van der Waals surface area contributed by atoms with Gasteiger partial charge in [0.2, 0.25) is 11.8 Å². The minimum absolute atomic E-state index is 0.0438. The number of aliphatic hydroxyl groups excluding tert-OH is 1. The van der Waals surface area contributed by atoms with Crippen LogP contribution in [0.1, 0.15) is 98.4 Å². The highest BCUT2D eigenvalue weighted by atomic mass is 16.3. The molecule has 0 bridgehead atoms. The first-order valence-corrected chi connectivity index (χ1v) is 16.7. The fraction of sp³-hybridized carbons (Fsp3) is 0.647. The molecule has 1 aliphatic carbocycles. The summed E-state index contributed by atoms with van der Waals surface area (Å²) in [6.07, 6.45) is 10.0. The Balaban J connectivity index is 1.25. The van der Waals surface area contributed by atoms with Crippen LogP contribution in [0.25, 0.3) is 5.69 Å². The van der Waals surface area contributed by atoms with Crippen LogP contribution in [-0.4, -0.2) is 86.8 Å². The predicted molar refractivity (Wildman–Crippen MR) is 169 cm³/mol. The molecular formula is C34H50N6O4. The van der Waals surface area contributed by atoms with Crippen LogP contribution in [0.15, 0.2) is 24.3 Å². The number of rotatable bonds is 11. The molecule has 1 unspecified atom stereocenters. The molecule has 5 rings (SSSR count). The summed E-state index contributed by atoms with van der Waals surface area (Å²) >= 11 is 0. The highest BCUT2D eigenvalue weighted by Gasteiger charge is 2.53. The van der Waals surface area contributed by atoms with Crippen LogP contribution in [0.5, 0.6) is 0 Å². The van der Waals surface area contributed by atoms with Crippen LogP contribution in [0, 0.1) is 19.8 Å². The third-order valence-electron chi connectivity index (χ3n) is 10.1. The van der Waals surface area contributed by atoms with Gasteiger partial charge in [0.05, 0.1) is 18.0 Å². The van der Waals surface area contributed by atoms with Gasteiger partial charge >= 0.3 is 0 Å². The average molecular weight is 607 g/mol. The van der Waals surface area contributed by atoms with Crippen molar-refractivity contribution in [3.63, 3.8) is 0 Å². The van der Waals surface area contributed by atoms with E-state index in [0.29, 0.717) is 30.9 Å². The molecule has 2 saturated heterocycles. The summed E-state index contributed by atoms with van der Waals surface area (Å²) < 4.78 is 1.91. The van der Waals surface area contributed by atoms with Crippen molar-refractivity contribution in [1.29, 1.82) is 0 Å². The fourth-order valence-corrected chi connectivity index (χ4v) is 7.41. The largest absolute Gasteiger partial charge is 0.395 e. The van der Waals surface area contributed by atoms with E-state index in [1.54, 1.807) is 12.1 Å². The number of unbranched alkanes of at least 4 members (excludes halogenated alkanes) is 1. The molecule has 1 saturated carbocycles. The zero-order chi connectivity index (χ0) is 31.3. The number of likely N-dealkylation sites (tertiary alicyclic amines) is 1. The highest BCUT2D eigenvalue weighted by molar-refractivity contribution is 6.00. The summed E-state index contributed by atoms with van der Waals surface area (Å²) in [7, 11) is 0. The number of piperazine rings is 1. The lowest BCUT2D eigenvalue weighted by atomic mass is 9.79. The molecular weight excluding hydrogens is 556 g/mol. The van der Waals surface area contributed by atoms with Gasteiger partial charge < -0.3 is 20.6 Å². The molecule has 240 valence electrons. The van der Waals surface area contributed by atoms with Gasteiger partial charge in [0.15, 0.2) is 0 Å². The Morgan fingerprint density at radius 1 is 1.09 bits per heavy atom. The Hall–Kier alpha value is -3.24. The normalized spacial score (nSPS) is 21.1. The predicted octanol–water partition coefficient (Wildman–Crippen LogP) is 3.64. The van der Waals surface area contributed by atoms with Gasteiger partial charge in [0.25, 0.3) is 5.91 Å². The first-order valence-electron chi connectivity index (χ1n) is 16.7. The van der Waals surface area contributed by atoms with Crippen LogP contribution in [-0.2, 0) is 16.1 Å². The standard InChI is InChI=1S/C34H50N6O4/c1-4-5-18-39-32(43)30(22-26-9-7-6-8-10-26)36-33(44)34(39)15-19-38(20-16-34)23-29-24(2)37-40(25(29)3)28-13-11-27(12-14-28)31(42)35-17-21-41/h11-14,26,30,41H,4-10,15-23H2,1-3H3,(H,35,42)(H,36,44). The molecule has 0 radical (unpaired) electrons. The lowest BCUT2D eigenvalue weighted by Gasteiger charge is -2.52. The molecule has 10 heteroatoms. The smallest absolute Gasteiger partial charge is 0.251 e.